The minimum absolute atomic E-state index is 0.00715. The second-order valence-electron chi connectivity index (χ2n) is 3.59. The zero-order chi connectivity index (χ0) is 8.91. The van der Waals surface area contributed by atoms with E-state index in [2.05, 4.69) is 27.7 Å². The first-order valence-corrected chi connectivity index (χ1v) is 4.41. The molecule has 2 N–H and O–H groups in total. The second-order valence-corrected chi connectivity index (χ2v) is 3.59. The topological polar surface area (TPSA) is 35.2 Å². The van der Waals surface area contributed by atoms with E-state index >= 15 is 0 Å². The lowest BCUT2D eigenvalue weighted by atomic mass is 10.1. The predicted molar refractivity (Wildman–Crippen MR) is 48.6 cm³/mol. The third-order valence-corrected chi connectivity index (χ3v) is 2.06. The number of hydrogen-bond acceptors (Lipinski definition) is 2. The van der Waals surface area contributed by atoms with Crippen LogP contribution in [0, 0.1) is 0 Å². The standard InChI is InChI=1S/C9H21NO/c1-5-8(10)7-11-9(3,4)6-2/h8H,5-7,10H2,1-4H3. The third-order valence-electron chi connectivity index (χ3n) is 2.06. The van der Waals surface area contributed by atoms with Crippen LogP contribution in [-0.4, -0.2) is 18.2 Å². The number of ether oxygens (including phenoxy) is 1. The van der Waals surface area contributed by atoms with E-state index in [0.29, 0.717) is 6.61 Å². The summed E-state index contributed by atoms with van der Waals surface area (Å²) < 4.78 is 5.61. The molecule has 68 valence electrons. The molecular weight excluding hydrogens is 138 g/mol. The Morgan fingerprint density at radius 2 is 1.91 bits per heavy atom. The molecule has 0 aromatic heterocycles. The Hall–Kier alpha value is -0.0800. The number of rotatable bonds is 5. The van der Waals surface area contributed by atoms with Crippen molar-refractivity contribution in [3.05, 3.63) is 0 Å². The predicted octanol–water partition coefficient (Wildman–Crippen LogP) is 1.93. The van der Waals surface area contributed by atoms with Crippen molar-refractivity contribution in [1.82, 2.24) is 0 Å². The molecule has 2 nitrogen and oxygen atoms in total. The van der Waals surface area contributed by atoms with Crippen molar-refractivity contribution in [3.63, 3.8) is 0 Å². The lowest BCUT2D eigenvalue weighted by Crippen LogP contribution is -2.32. The summed E-state index contributed by atoms with van der Waals surface area (Å²) >= 11 is 0. The zero-order valence-electron chi connectivity index (χ0n) is 8.18. The summed E-state index contributed by atoms with van der Waals surface area (Å²) in [4.78, 5) is 0. The smallest absolute Gasteiger partial charge is 0.0624 e. The summed E-state index contributed by atoms with van der Waals surface area (Å²) in [6.07, 6.45) is 2.02. The maximum Gasteiger partial charge on any atom is 0.0624 e. The number of hydrogen-bond donors (Lipinski definition) is 1. The fourth-order valence-corrected chi connectivity index (χ4v) is 0.553. The molecule has 0 bridgehead atoms. The maximum absolute atomic E-state index is 5.71. The molecule has 0 rings (SSSR count). The van der Waals surface area contributed by atoms with E-state index in [0.717, 1.165) is 12.8 Å². The lowest BCUT2D eigenvalue weighted by Gasteiger charge is -2.25. The summed E-state index contributed by atoms with van der Waals surface area (Å²) in [7, 11) is 0. The van der Waals surface area contributed by atoms with Crippen LogP contribution in [0.15, 0.2) is 0 Å². The summed E-state index contributed by atoms with van der Waals surface area (Å²) in [6, 6.07) is 0.195. The van der Waals surface area contributed by atoms with Crippen LogP contribution >= 0.6 is 0 Å². The summed E-state index contributed by atoms with van der Waals surface area (Å²) in [6.45, 7) is 9.06. The van der Waals surface area contributed by atoms with Gasteiger partial charge in [-0.3, -0.25) is 0 Å². The molecule has 0 saturated carbocycles. The molecule has 1 atom stereocenters. The van der Waals surface area contributed by atoms with Gasteiger partial charge in [-0.15, -0.1) is 0 Å². The van der Waals surface area contributed by atoms with Crippen LogP contribution < -0.4 is 5.73 Å². The number of nitrogens with two attached hydrogens (primary N) is 1. The van der Waals surface area contributed by atoms with E-state index in [1.165, 1.54) is 0 Å². The highest BCUT2D eigenvalue weighted by molar-refractivity contribution is 4.67. The summed E-state index contributed by atoms with van der Waals surface area (Å²) in [5.74, 6) is 0. The van der Waals surface area contributed by atoms with Crippen LogP contribution in [0.2, 0.25) is 0 Å². The molecule has 0 aliphatic carbocycles. The Kier molecular flexibility index (Phi) is 4.69. The first-order valence-electron chi connectivity index (χ1n) is 4.41. The maximum atomic E-state index is 5.71. The van der Waals surface area contributed by atoms with Gasteiger partial charge >= 0.3 is 0 Å². The molecule has 0 spiro atoms. The van der Waals surface area contributed by atoms with Crippen molar-refractivity contribution in [2.45, 2.75) is 52.2 Å². The average molecular weight is 159 g/mol. The molecule has 0 radical (unpaired) electrons. The molecular formula is C9H21NO. The van der Waals surface area contributed by atoms with E-state index in [1.807, 2.05) is 0 Å². The normalized spacial score (nSPS) is 15.0. The molecule has 0 aliphatic heterocycles. The molecule has 0 aromatic rings. The average Bonchev–Trinajstić information content (AvgIpc) is 2.00. The van der Waals surface area contributed by atoms with Crippen molar-refractivity contribution >= 4 is 0 Å². The van der Waals surface area contributed by atoms with Gasteiger partial charge in [0.05, 0.1) is 12.2 Å². The minimum atomic E-state index is -0.00715. The van der Waals surface area contributed by atoms with E-state index in [9.17, 15) is 0 Å². The van der Waals surface area contributed by atoms with Crippen molar-refractivity contribution < 1.29 is 4.74 Å². The summed E-state index contributed by atoms with van der Waals surface area (Å²) in [5.41, 5.74) is 5.70. The van der Waals surface area contributed by atoms with Gasteiger partial charge in [-0.05, 0) is 26.7 Å². The quantitative estimate of drug-likeness (QED) is 0.665. The highest BCUT2D eigenvalue weighted by Gasteiger charge is 2.15. The van der Waals surface area contributed by atoms with Crippen LogP contribution in [0.4, 0.5) is 0 Å². The van der Waals surface area contributed by atoms with Gasteiger partial charge in [-0.2, -0.15) is 0 Å². The van der Waals surface area contributed by atoms with Gasteiger partial charge in [0.15, 0.2) is 0 Å². The van der Waals surface area contributed by atoms with Crippen LogP contribution in [0.1, 0.15) is 40.5 Å². The minimum Gasteiger partial charge on any atom is -0.374 e. The van der Waals surface area contributed by atoms with Crippen LogP contribution in [-0.2, 0) is 4.74 Å². The lowest BCUT2D eigenvalue weighted by molar-refractivity contribution is -0.0266. The van der Waals surface area contributed by atoms with Crippen LogP contribution in [0.5, 0.6) is 0 Å². The van der Waals surface area contributed by atoms with Gasteiger partial charge < -0.3 is 10.5 Å². The monoisotopic (exact) mass is 159 g/mol. The molecule has 0 aromatic carbocycles. The summed E-state index contributed by atoms with van der Waals surface area (Å²) in [5, 5.41) is 0. The van der Waals surface area contributed by atoms with Crippen LogP contribution in [0.25, 0.3) is 0 Å². The Bertz CT molecular complexity index is 102. The highest BCUT2D eigenvalue weighted by atomic mass is 16.5. The van der Waals surface area contributed by atoms with E-state index in [4.69, 9.17) is 10.5 Å². The van der Waals surface area contributed by atoms with Crippen molar-refractivity contribution in [2.24, 2.45) is 5.73 Å². The molecule has 1 unspecified atom stereocenters. The second kappa shape index (κ2) is 4.73. The van der Waals surface area contributed by atoms with Crippen molar-refractivity contribution in [3.8, 4) is 0 Å². The highest BCUT2D eigenvalue weighted by Crippen LogP contribution is 2.13. The van der Waals surface area contributed by atoms with Gasteiger partial charge in [-0.1, -0.05) is 13.8 Å². The van der Waals surface area contributed by atoms with Crippen molar-refractivity contribution in [2.75, 3.05) is 6.61 Å². The fraction of sp³-hybridized carbons (Fsp3) is 1.00. The Morgan fingerprint density at radius 1 is 1.36 bits per heavy atom. The first kappa shape index (κ1) is 10.9. The van der Waals surface area contributed by atoms with Gasteiger partial charge in [0.1, 0.15) is 0 Å². The van der Waals surface area contributed by atoms with Gasteiger partial charge in [-0.25, -0.2) is 0 Å². The Balaban J connectivity index is 3.52. The largest absolute Gasteiger partial charge is 0.374 e. The van der Waals surface area contributed by atoms with E-state index in [1.54, 1.807) is 0 Å². The molecule has 2 heteroatoms. The zero-order valence-corrected chi connectivity index (χ0v) is 8.18. The molecule has 0 aliphatic rings. The molecule has 0 heterocycles. The van der Waals surface area contributed by atoms with Gasteiger partial charge in [0.25, 0.3) is 0 Å². The molecule has 0 saturated heterocycles. The first-order chi connectivity index (χ1) is 5.02. The van der Waals surface area contributed by atoms with Gasteiger partial charge in [0.2, 0.25) is 0 Å². The van der Waals surface area contributed by atoms with Crippen molar-refractivity contribution in [1.29, 1.82) is 0 Å². The van der Waals surface area contributed by atoms with E-state index in [-0.39, 0.29) is 11.6 Å². The van der Waals surface area contributed by atoms with Crippen LogP contribution in [0.3, 0.4) is 0 Å². The molecule has 0 fully saturated rings. The molecule has 0 amide bonds. The Labute approximate surface area is 70.1 Å². The fourth-order valence-electron chi connectivity index (χ4n) is 0.553. The third kappa shape index (κ3) is 5.22. The SMILES string of the molecule is CCC(N)COC(C)(C)CC. The Morgan fingerprint density at radius 3 is 2.27 bits per heavy atom. The van der Waals surface area contributed by atoms with Gasteiger partial charge in [0, 0.05) is 6.04 Å². The molecule has 11 heavy (non-hydrogen) atoms. The van der Waals surface area contributed by atoms with E-state index < -0.39 is 0 Å².